The van der Waals surface area contributed by atoms with Crippen LogP contribution in [0.2, 0.25) is 0 Å². The lowest BCUT2D eigenvalue weighted by Gasteiger charge is -2.13. The molecule has 0 aliphatic heterocycles. The van der Waals surface area contributed by atoms with Gasteiger partial charge in [-0.15, -0.1) is 5.10 Å². The van der Waals surface area contributed by atoms with E-state index in [1.807, 2.05) is 6.92 Å². The summed E-state index contributed by atoms with van der Waals surface area (Å²) >= 11 is 0. The van der Waals surface area contributed by atoms with Crippen LogP contribution in [0.4, 0.5) is 0 Å². The van der Waals surface area contributed by atoms with E-state index in [1.165, 1.54) is 0 Å². The number of aliphatic hydroxyl groups is 1. The highest BCUT2D eigenvalue weighted by Crippen LogP contribution is 2.08. The summed E-state index contributed by atoms with van der Waals surface area (Å²) in [7, 11) is 0. The normalized spacial score (nSPS) is 14.5. The number of carbonyl (C=O) groups is 1. The van der Waals surface area contributed by atoms with Crippen molar-refractivity contribution in [3.63, 3.8) is 0 Å². The first-order chi connectivity index (χ1) is 7.54. The molecule has 1 aromatic heterocycles. The zero-order valence-corrected chi connectivity index (χ0v) is 9.42. The van der Waals surface area contributed by atoms with Gasteiger partial charge in [0.25, 0.3) is 0 Å². The first kappa shape index (κ1) is 12.6. The van der Waals surface area contributed by atoms with E-state index in [4.69, 9.17) is 5.73 Å². The Morgan fingerprint density at radius 3 is 2.94 bits per heavy atom. The highest BCUT2D eigenvalue weighted by molar-refractivity contribution is 5.77. The topological polar surface area (TPSA) is 106 Å². The molecule has 7 heteroatoms. The van der Waals surface area contributed by atoms with Crippen LogP contribution in [0.25, 0.3) is 0 Å². The van der Waals surface area contributed by atoms with Gasteiger partial charge in [-0.2, -0.15) is 0 Å². The molecule has 0 aliphatic rings. The molecule has 0 radical (unpaired) electrons. The molecule has 4 N–H and O–H groups in total. The Hall–Kier alpha value is -1.47. The quantitative estimate of drug-likeness (QED) is 0.585. The molecule has 0 aliphatic carbocycles. The summed E-state index contributed by atoms with van der Waals surface area (Å²) in [4.78, 5) is 10.9. The number of nitrogens with two attached hydrogens (primary N) is 1. The number of aliphatic hydroxyl groups excluding tert-OH is 1. The van der Waals surface area contributed by atoms with Crippen molar-refractivity contribution >= 4 is 5.91 Å². The van der Waals surface area contributed by atoms with E-state index in [-0.39, 0.29) is 18.5 Å². The fourth-order valence-electron chi connectivity index (χ4n) is 1.08. The second-order valence-electron chi connectivity index (χ2n) is 3.65. The second-order valence-corrected chi connectivity index (χ2v) is 3.65. The van der Waals surface area contributed by atoms with Gasteiger partial charge in [-0.05, 0) is 13.8 Å². The Morgan fingerprint density at radius 2 is 2.38 bits per heavy atom. The number of aromatic nitrogens is 3. The molecule has 0 bridgehead atoms. The number of nitrogens with one attached hydrogen (secondary N) is 1. The summed E-state index contributed by atoms with van der Waals surface area (Å²) in [6.45, 7) is 3.77. The van der Waals surface area contributed by atoms with Gasteiger partial charge in [0.1, 0.15) is 5.69 Å². The van der Waals surface area contributed by atoms with E-state index in [0.29, 0.717) is 12.2 Å². The van der Waals surface area contributed by atoms with E-state index >= 15 is 0 Å². The van der Waals surface area contributed by atoms with Crippen LogP contribution in [0, 0.1) is 0 Å². The van der Waals surface area contributed by atoms with Crippen molar-refractivity contribution in [2.24, 2.45) is 5.73 Å². The zero-order valence-electron chi connectivity index (χ0n) is 9.42. The largest absolute Gasteiger partial charge is 0.391 e. The maximum Gasteiger partial charge on any atom is 0.234 e. The summed E-state index contributed by atoms with van der Waals surface area (Å²) in [5.41, 5.74) is 5.78. The number of nitrogens with zero attached hydrogens (tertiary/aromatic N) is 3. The van der Waals surface area contributed by atoms with Gasteiger partial charge in [-0.1, -0.05) is 5.21 Å². The third kappa shape index (κ3) is 3.28. The second kappa shape index (κ2) is 5.57. The zero-order chi connectivity index (χ0) is 12.1. The van der Waals surface area contributed by atoms with Crippen LogP contribution < -0.4 is 11.1 Å². The summed E-state index contributed by atoms with van der Waals surface area (Å²) in [6, 6.07) is -0.147. The van der Waals surface area contributed by atoms with Crippen LogP contribution in [0.15, 0.2) is 6.20 Å². The van der Waals surface area contributed by atoms with Crippen LogP contribution in [0.1, 0.15) is 25.6 Å². The first-order valence-corrected chi connectivity index (χ1v) is 5.10. The molecule has 1 amide bonds. The fraction of sp³-hybridized carbons (Fsp3) is 0.667. The number of hydrogen-bond donors (Lipinski definition) is 3. The minimum Gasteiger partial charge on any atom is -0.391 e. The smallest absolute Gasteiger partial charge is 0.234 e. The van der Waals surface area contributed by atoms with Gasteiger partial charge >= 0.3 is 0 Å². The average molecular weight is 227 g/mol. The Morgan fingerprint density at radius 1 is 1.69 bits per heavy atom. The molecule has 1 heterocycles. The van der Waals surface area contributed by atoms with Crippen LogP contribution in [0.3, 0.4) is 0 Å². The molecular formula is C9H17N5O2. The Balaban J connectivity index is 2.55. The molecule has 0 aromatic carbocycles. The summed E-state index contributed by atoms with van der Waals surface area (Å²) in [5, 5.41) is 19.7. The molecule has 0 saturated carbocycles. The Kier molecular flexibility index (Phi) is 4.39. The van der Waals surface area contributed by atoms with Gasteiger partial charge in [0, 0.05) is 0 Å². The third-order valence-corrected chi connectivity index (χ3v) is 2.33. The van der Waals surface area contributed by atoms with E-state index in [1.54, 1.807) is 17.8 Å². The summed E-state index contributed by atoms with van der Waals surface area (Å²) < 4.78 is 1.56. The standard InChI is InChI=1S/C9H17N5O2/c1-6(7(2)15)14-5-8(12-13-14)4-11-9(16)3-10/h5-7,15H,3-4,10H2,1-2H3,(H,11,16). The molecule has 0 saturated heterocycles. The maximum atomic E-state index is 10.9. The molecule has 90 valence electrons. The lowest BCUT2D eigenvalue weighted by molar-refractivity contribution is -0.119. The van der Waals surface area contributed by atoms with Gasteiger partial charge in [-0.25, -0.2) is 4.68 Å². The molecular weight excluding hydrogens is 210 g/mol. The highest BCUT2D eigenvalue weighted by Gasteiger charge is 2.13. The molecule has 2 atom stereocenters. The summed E-state index contributed by atoms with van der Waals surface area (Å²) in [5.74, 6) is -0.238. The third-order valence-electron chi connectivity index (χ3n) is 2.33. The maximum absolute atomic E-state index is 10.9. The van der Waals surface area contributed by atoms with Crippen molar-refractivity contribution in [1.29, 1.82) is 0 Å². The van der Waals surface area contributed by atoms with Gasteiger partial charge in [-0.3, -0.25) is 4.79 Å². The van der Waals surface area contributed by atoms with Crippen molar-refractivity contribution in [2.75, 3.05) is 6.54 Å². The van der Waals surface area contributed by atoms with Crippen LogP contribution in [-0.2, 0) is 11.3 Å². The molecule has 1 rings (SSSR count). The lowest BCUT2D eigenvalue weighted by atomic mass is 10.2. The van der Waals surface area contributed by atoms with E-state index in [0.717, 1.165) is 0 Å². The van der Waals surface area contributed by atoms with Crippen LogP contribution in [0.5, 0.6) is 0 Å². The predicted molar refractivity (Wildman–Crippen MR) is 57.3 cm³/mol. The van der Waals surface area contributed by atoms with E-state index in [2.05, 4.69) is 15.6 Å². The number of carbonyl (C=O) groups excluding carboxylic acids is 1. The molecule has 16 heavy (non-hydrogen) atoms. The Bertz CT molecular complexity index is 349. The monoisotopic (exact) mass is 227 g/mol. The SMILES string of the molecule is CC(O)C(C)n1cc(CNC(=O)CN)nn1. The average Bonchev–Trinajstić information content (AvgIpc) is 2.73. The van der Waals surface area contributed by atoms with Gasteiger partial charge in [0.2, 0.25) is 5.91 Å². The minimum atomic E-state index is -0.506. The molecule has 2 unspecified atom stereocenters. The van der Waals surface area contributed by atoms with Gasteiger partial charge in [0.15, 0.2) is 0 Å². The van der Waals surface area contributed by atoms with Gasteiger partial charge in [0.05, 0.1) is 31.4 Å². The van der Waals surface area contributed by atoms with Crippen molar-refractivity contribution < 1.29 is 9.90 Å². The summed E-state index contributed by atoms with van der Waals surface area (Å²) in [6.07, 6.45) is 1.18. The first-order valence-electron chi connectivity index (χ1n) is 5.10. The predicted octanol–water partition coefficient (Wildman–Crippen LogP) is -1.21. The number of amides is 1. The number of rotatable bonds is 5. The van der Waals surface area contributed by atoms with E-state index in [9.17, 15) is 9.90 Å². The van der Waals surface area contributed by atoms with Crippen molar-refractivity contribution in [1.82, 2.24) is 20.3 Å². The number of hydrogen-bond acceptors (Lipinski definition) is 5. The van der Waals surface area contributed by atoms with Gasteiger partial charge < -0.3 is 16.2 Å². The van der Waals surface area contributed by atoms with E-state index < -0.39 is 6.10 Å². The Labute approximate surface area is 93.6 Å². The van der Waals surface area contributed by atoms with Crippen molar-refractivity contribution in [3.05, 3.63) is 11.9 Å². The molecule has 0 spiro atoms. The van der Waals surface area contributed by atoms with Crippen molar-refractivity contribution in [2.45, 2.75) is 32.5 Å². The fourth-order valence-corrected chi connectivity index (χ4v) is 1.08. The molecule has 7 nitrogen and oxygen atoms in total. The minimum absolute atomic E-state index is 0.0434. The molecule has 1 aromatic rings. The van der Waals surface area contributed by atoms with Crippen LogP contribution in [-0.4, -0.2) is 38.7 Å². The lowest BCUT2D eigenvalue weighted by Crippen LogP contribution is -2.29. The van der Waals surface area contributed by atoms with Crippen LogP contribution >= 0.6 is 0 Å². The van der Waals surface area contributed by atoms with Crippen molar-refractivity contribution in [3.8, 4) is 0 Å². The highest BCUT2D eigenvalue weighted by atomic mass is 16.3. The molecule has 0 fully saturated rings.